The molecule has 2 aromatic carbocycles. The average molecular weight is 406 g/mol. The Bertz CT molecular complexity index is 1180. The minimum atomic E-state index is -0.541. The van der Waals surface area contributed by atoms with E-state index in [-0.39, 0.29) is 18.0 Å². The van der Waals surface area contributed by atoms with Crippen LogP contribution in [0.2, 0.25) is 5.02 Å². The van der Waals surface area contributed by atoms with Gasteiger partial charge in [0.2, 0.25) is 0 Å². The first-order chi connectivity index (χ1) is 14.1. The van der Waals surface area contributed by atoms with Crippen LogP contribution >= 0.6 is 11.6 Å². The predicted molar refractivity (Wildman–Crippen MR) is 110 cm³/mol. The number of hydrogen-bond donors (Lipinski definition) is 2. The van der Waals surface area contributed by atoms with E-state index < -0.39 is 5.91 Å². The number of carbonyl (C=O) groups is 1. The summed E-state index contributed by atoms with van der Waals surface area (Å²) in [5, 5.41) is 14.2. The number of aromatic hydroxyl groups is 1. The van der Waals surface area contributed by atoms with Crippen LogP contribution in [-0.4, -0.2) is 21.0 Å². The molecular formula is C22H16ClN3O3. The number of carbonyl (C=O) groups excluding carboxylic acids is 1. The molecule has 4 rings (SSSR count). The van der Waals surface area contributed by atoms with Crippen molar-refractivity contribution < 1.29 is 14.6 Å². The predicted octanol–water partition coefficient (Wildman–Crippen LogP) is 4.71. The van der Waals surface area contributed by atoms with Gasteiger partial charge < -0.3 is 15.2 Å². The van der Waals surface area contributed by atoms with Gasteiger partial charge in [0.1, 0.15) is 17.0 Å². The van der Waals surface area contributed by atoms with E-state index in [1.165, 1.54) is 6.20 Å². The molecule has 144 valence electrons. The largest absolute Gasteiger partial charge is 0.504 e. The van der Waals surface area contributed by atoms with Crippen molar-refractivity contribution in [1.29, 1.82) is 0 Å². The Kier molecular flexibility index (Phi) is 5.27. The van der Waals surface area contributed by atoms with E-state index in [0.29, 0.717) is 33.0 Å². The molecule has 1 amide bonds. The van der Waals surface area contributed by atoms with E-state index in [2.05, 4.69) is 15.3 Å². The summed E-state index contributed by atoms with van der Waals surface area (Å²) in [6, 6.07) is 18.0. The molecule has 2 aromatic heterocycles. The molecule has 0 bridgehead atoms. The van der Waals surface area contributed by atoms with Crippen molar-refractivity contribution in [2.75, 3.05) is 0 Å². The fraction of sp³-hybridized carbons (Fsp3) is 0.0455. The van der Waals surface area contributed by atoms with Crippen LogP contribution in [0.5, 0.6) is 17.2 Å². The third kappa shape index (κ3) is 3.97. The second-order valence-electron chi connectivity index (χ2n) is 6.21. The lowest BCUT2D eigenvalue weighted by molar-refractivity contribution is 0.0943. The van der Waals surface area contributed by atoms with Gasteiger partial charge >= 0.3 is 0 Å². The van der Waals surface area contributed by atoms with Crippen molar-refractivity contribution in [3.05, 3.63) is 89.3 Å². The fourth-order valence-corrected chi connectivity index (χ4v) is 3.10. The zero-order valence-corrected chi connectivity index (χ0v) is 15.9. The number of aromatic nitrogens is 2. The summed E-state index contributed by atoms with van der Waals surface area (Å²) in [5.74, 6) is 0.379. The standard InChI is InChI=1S/C22H16ClN3O3/c23-17-9-4-10-18(29-15-7-2-1-3-8-15)16(17)13-26-22(28)20-21(27)19-14(12-25-20)6-5-11-24-19/h1-12,27H,13H2,(H,26,28). The highest BCUT2D eigenvalue weighted by Crippen LogP contribution is 2.31. The van der Waals surface area contributed by atoms with Crippen molar-refractivity contribution in [1.82, 2.24) is 15.3 Å². The van der Waals surface area contributed by atoms with Crippen LogP contribution in [-0.2, 0) is 6.54 Å². The second kappa shape index (κ2) is 8.16. The summed E-state index contributed by atoms with van der Waals surface area (Å²) >= 11 is 6.33. The fourth-order valence-electron chi connectivity index (χ4n) is 2.87. The zero-order chi connectivity index (χ0) is 20.2. The lowest BCUT2D eigenvalue weighted by Crippen LogP contribution is -2.24. The quantitative estimate of drug-likeness (QED) is 0.502. The maximum absolute atomic E-state index is 12.6. The van der Waals surface area contributed by atoms with Gasteiger partial charge in [0.05, 0.1) is 0 Å². The first-order valence-electron chi connectivity index (χ1n) is 8.84. The normalized spacial score (nSPS) is 10.7. The van der Waals surface area contributed by atoms with E-state index in [1.807, 2.05) is 30.3 Å². The summed E-state index contributed by atoms with van der Waals surface area (Å²) in [5.41, 5.74) is 0.831. The number of amides is 1. The highest BCUT2D eigenvalue weighted by Gasteiger charge is 2.18. The number of para-hydroxylation sites is 1. The van der Waals surface area contributed by atoms with Gasteiger partial charge in [-0.3, -0.25) is 9.78 Å². The first kappa shape index (κ1) is 18.7. The number of fused-ring (bicyclic) bond motifs is 1. The molecule has 0 aliphatic heterocycles. The van der Waals surface area contributed by atoms with Crippen LogP contribution in [0.1, 0.15) is 16.1 Å². The van der Waals surface area contributed by atoms with Gasteiger partial charge in [-0.15, -0.1) is 0 Å². The molecule has 0 fully saturated rings. The molecule has 0 radical (unpaired) electrons. The summed E-state index contributed by atoms with van der Waals surface area (Å²) in [7, 11) is 0. The number of ether oxygens (including phenoxy) is 1. The number of pyridine rings is 2. The SMILES string of the molecule is O=C(NCc1c(Cl)cccc1Oc1ccccc1)c1ncc2cccnc2c1O. The van der Waals surface area contributed by atoms with E-state index in [9.17, 15) is 9.90 Å². The van der Waals surface area contributed by atoms with E-state index >= 15 is 0 Å². The van der Waals surface area contributed by atoms with Crippen LogP contribution in [0.3, 0.4) is 0 Å². The van der Waals surface area contributed by atoms with Crippen molar-refractivity contribution >= 4 is 28.4 Å². The number of hydrogen-bond acceptors (Lipinski definition) is 5. The van der Waals surface area contributed by atoms with Gasteiger partial charge in [-0.25, -0.2) is 4.98 Å². The van der Waals surface area contributed by atoms with Gasteiger partial charge in [-0.1, -0.05) is 35.9 Å². The first-order valence-corrected chi connectivity index (χ1v) is 9.22. The van der Waals surface area contributed by atoms with Crippen molar-refractivity contribution in [3.8, 4) is 17.2 Å². The molecule has 0 aliphatic carbocycles. The molecule has 0 aliphatic rings. The minimum Gasteiger partial charge on any atom is -0.504 e. The molecule has 0 atom stereocenters. The molecule has 7 heteroatoms. The molecule has 6 nitrogen and oxygen atoms in total. The van der Waals surface area contributed by atoms with Crippen LogP contribution in [0.15, 0.2) is 73.1 Å². The maximum atomic E-state index is 12.6. The van der Waals surface area contributed by atoms with E-state index in [1.54, 1.807) is 36.5 Å². The molecule has 0 spiro atoms. The van der Waals surface area contributed by atoms with E-state index in [4.69, 9.17) is 16.3 Å². The molecule has 2 heterocycles. The maximum Gasteiger partial charge on any atom is 0.274 e. The second-order valence-corrected chi connectivity index (χ2v) is 6.62. The third-order valence-corrected chi connectivity index (χ3v) is 4.66. The van der Waals surface area contributed by atoms with Crippen molar-refractivity contribution in [2.24, 2.45) is 0 Å². The van der Waals surface area contributed by atoms with Gasteiger partial charge in [0.25, 0.3) is 5.91 Å². The van der Waals surface area contributed by atoms with Crippen molar-refractivity contribution in [2.45, 2.75) is 6.54 Å². The van der Waals surface area contributed by atoms with Gasteiger partial charge in [-0.2, -0.15) is 0 Å². The highest BCUT2D eigenvalue weighted by atomic mass is 35.5. The zero-order valence-electron chi connectivity index (χ0n) is 15.2. The summed E-state index contributed by atoms with van der Waals surface area (Å²) < 4.78 is 5.90. The molecule has 2 N–H and O–H groups in total. The monoisotopic (exact) mass is 405 g/mol. The lowest BCUT2D eigenvalue weighted by atomic mass is 10.1. The summed E-state index contributed by atoms with van der Waals surface area (Å²) in [6.07, 6.45) is 3.04. The Labute approximate surface area is 171 Å². The number of halogens is 1. The Hall–Kier alpha value is -3.64. The Morgan fingerprint density at radius 3 is 2.69 bits per heavy atom. The molecule has 29 heavy (non-hydrogen) atoms. The highest BCUT2D eigenvalue weighted by molar-refractivity contribution is 6.31. The van der Waals surface area contributed by atoms with E-state index in [0.717, 1.165) is 0 Å². The number of nitrogens with one attached hydrogen (secondary N) is 1. The molecular weight excluding hydrogens is 390 g/mol. The Morgan fingerprint density at radius 1 is 1.03 bits per heavy atom. The molecule has 0 unspecified atom stereocenters. The van der Waals surface area contributed by atoms with Crippen LogP contribution in [0.25, 0.3) is 10.9 Å². The smallest absolute Gasteiger partial charge is 0.274 e. The molecule has 0 saturated carbocycles. The van der Waals surface area contributed by atoms with Crippen LogP contribution in [0, 0.1) is 0 Å². The van der Waals surface area contributed by atoms with Gasteiger partial charge in [-0.05, 0) is 36.4 Å². The Morgan fingerprint density at radius 2 is 1.86 bits per heavy atom. The molecule has 0 saturated heterocycles. The summed E-state index contributed by atoms with van der Waals surface area (Å²) in [6.45, 7) is 0.0993. The minimum absolute atomic E-state index is 0.0993. The Balaban J connectivity index is 1.56. The van der Waals surface area contributed by atoms with Gasteiger partial charge in [0, 0.05) is 34.9 Å². The number of rotatable bonds is 5. The van der Waals surface area contributed by atoms with Crippen molar-refractivity contribution in [3.63, 3.8) is 0 Å². The topological polar surface area (TPSA) is 84.3 Å². The molecule has 4 aromatic rings. The third-order valence-electron chi connectivity index (χ3n) is 4.31. The number of nitrogens with zero attached hydrogens (tertiary/aromatic N) is 2. The van der Waals surface area contributed by atoms with Gasteiger partial charge in [0.15, 0.2) is 11.4 Å². The average Bonchev–Trinajstić information content (AvgIpc) is 2.74. The van der Waals surface area contributed by atoms with Crippen LogP contribution < -0.4 is 10.1 Å². The summed E-state index contributed by atoms with van der Waals surface area (Å²) in [4.78, 5) is 20.8. The lowest BCUT2D eigenvalue weighted by Gasteiger charge is -2.14. The van der Waals surface area contributed by atoms with Crippen LogP contribution in [0.4, 0.5) is 0 Å². The number of benzene rings is 2.